The molecule has 0 radical (unpaired) electrons. The highest BCUT2D eigenvalue weighted by atomic mass is 16.1. The number of carbonyl (C=O) groups is 1. The van der Waals surface area contributed by atoms with E-state index in [1.54, 1.807) is 0 Å². The number of carbonyl (C=O) groups excluding carboxylic acids is 1. The number of anilines is 1. The van der Waals surface area contributed by atoms with E-state index in [0.717, 1.165) is 18.7 Å². The summed E-state index contributed by atoms with van der Waals surface area (Å²) in [5, 5.41) is 0. The van der Waals surface area contributed by atoms with Crippen molar-refractivity contribution in [2.75, 3.05) is 18.0 Å². The van der Waals surface area contributed by atoms with Crippen LogP contribution in [0.2, 0.25) is 0 Å². The number of ketones is 1. The third-order valence-corrected chi connectivity index (χ3v) is 3.93. The van der Waals surface area contributed by atoms with Crippen LogP contribution < -0.4 is 4.90 Å². The molecule has 0 aliphatic carbocycles. The van der Waals surface area contributed by atoms with Gasteiger partial charge in [0.2, 0.25) is 0 Å². The van der Waals surface area contributed by atoms with E-state index in [9.17, 15) is 4.79 Å². The average Bonchev–Trinajstić information content (AvgIpc) is 2.39. The van der Waals surface area contributed by atoms with E-state index in [1.165, 1.54) is 36.1 Å². The van der Waals surface area contributed by atoms with E-state index in [-0.39, 0.29) is 7.21 Å². The molecule has 1 saturated heterocycles. The lowest BCUT2D eigenvalue weighted by atomic mass is 9.96. The second kappa shape index (κ2) is 5.55. The predicted octanol–water partition coefficient (Wildman–Crippen LogP) is 4.13. The summed E-state index contributed by atoms with van der Waals surface area (Å²) in [6.45, 7) is 8.44. The first-order valence-corrected chi connectivity index (χ1v) is 7.03. The van der Waals surface area contributed by atoms with Crippen molar-refractivity contribution in [3.05, 3.63) is 28.8 Å². The number of aryl methyl sites for hydroxylation is 1. The Hall–Kier alpha value is -1.31. The molecular formula is C16H25NO. The SMILES string of the molecule is CCC(=O)c1ccc(C)c(N2CCCCC2)c1C.[2HH]. The maximum atomic E-state index is 12.0. The molecule has 0 amide bonds. The zero-order chi connectivity index (χ0) is 13.1. The summed E-state index contributed by atoms with van der Waals surface area (Å²) in [4.78, 5) is 14.4. The molecule has 1 aliphatic heterocycles. The summed E-state index contributed by atoms with van der Waals surface area (Å²) < 4.78 is 0. The molecule has 0 saturated carbocycles. The normalized spacial score (nSPS) is 15.8. The van der Waals surface area contributed by atoms with Crippen molar-refractivity contribution >= 4 is 11.5 Å². The van der Waals surface area contributed by atoms with Gasteiger partial charge in [-0.2, -0.15) is 0 Å². The summed E-state index contributed by atoms with van der Waals surface area (Å²) in [6.07, 6.45) is 4.46. The van der Waals surface area contributed by atoms with Gasteiger partial charge in [0.15, 0.2) is 5.78 Å². The van der Waals surface area contributed by atoms with Crippen LogP contribution >= 0.6 is 0 Å². The molecule has 2 nitrogen and oxygen atoms in total. The molecule has 0 aromatic heterocycles. The molecular weight excluding hydrogens is 222 g/mol. The molecule has 0 N–H and O–H groups in total. The Labute approximate surface area is 111 Å². The number of benzene rings is 1. The Kier molecular flexibility index (Phi) is 4.05. The smallest absolute Gasteiger partial charge is 0.162 e. The summed E-state index contributed by atoms with van der Waals surface area (Å²) in [6, 6.07) is 4.09. The minimum absolute atomic E-state index is 0. The molecule has 1 fully saturated rings. The molecule has 1 heterocycles. The Balaban J connectivity index is 0.00000180. The summed E-state index contributed by atoms with van der Waals surface area (Å²) in [5.74, 6) is 0.255. The first kappa shape index (κ1) is 13.1. The first-order chi connectivity index (χ1) is 8.65. The average molecular weight is 248 g/mol. The van der Waals surface area contributed by atoms with Crippen LogP contribution in [0.1, 0.15) is 55.5 Å². The molecule has 18 heavy (non-hydrogen) atoms. The van der Waals surface area contributed by atoms with E-state index >= 15 is 0 Å². The van der Waals surface area contributed by atoms with Crippen LogP contribution in [0, 0.1) is 13.8 Å². The predicted molar refractivity (Wildman–Crippen MR) is 78.7 cm³/mol. The first-order valence-electron chi connectivity index (χ1n) is 7.03. The van der Waals surface area contributed by atoms with E-state index in [1.807, 2.05) is 13.0 Å². The zero-order valence-corrected chi connectivity index (χ0v) is 11.8. The number of piperidine rings is 1. The maximum absolute atomic E-state index is 12.0. The lowest BCUT2D eigenvalue weighted by Gasteiger charge is -2.32. The van der Waals surface area contributed by atoms with Crippen LogP contribution in [0.15, 0.2) is 12.1 Å². The Morgan fingerprint density at radius 1 is 1.22 bits per heavy atom. The van der Waals surface area contributed by atoms with Crippen LogP contribution in [0.25, 0.3) is 0 Å². The third kappa shape index (κ3) is 2.43. The molecule has 0 spiro atoms. The van der Waals surface area contributed by atoms with E-state index in [0.29, 0.717) is 6.42 Å². The quantitative estimate of drug-likeness (QED) is 0.750. The summed E-state index contributed by atoms with van der Waals surface area (Å²) in [5.41, 5.74) is 4.67. The minimum Gasteiger partial charge on any atom is -0.371 e. The molecule has 2 rings (SSSR count). The van der Waals surface area contributed by atoms with Crippen molar-refractivity contribution in [1.82, 2.24) is 0 Å². The zero-order valence-electron chi connectivity index (χ0n) is 11.8. The maximum Gasteiger partial charge on any atom is 0.162 e. The van der Waals surface area contributed by atoms with Gasteiger partial charge in [-0.1, -0.05) is 19.1 Å². The number of nitrogens with zero attached hydrogens (tertiary/aromatic N) is 1. The summed E-state index contributed by atoms with van der Waals surface area (Å²) in [7, 11) is 0. The monoisotopic (exact) mass is 248 g/mol. The lowest BCUT2D eigenvalue weighted by Crippen LogP contribution is -2.31. The van der Waals surface area contributed by atoms with Gasteiger partial charge in [0.1, 0.15) is 0 Å². The van der Waals surface area contributed by atoms with Crippen LogP contribution in [0.5, 0.6) is 0 Å². The van der Waals surface area contributed by atoms with Gasteiger partial charge in [-0.3, -0.25) is 4.79 Å². The number of hydrogen-bond acceptors (Lipinski definition) is 2. The molecule has 0 unspecified atom stereocenters. The molecule has 1 aromatic rings. The molecule has 0 atom stereocenters. The summed E-state index contributed by atoms with van der Waals surface area (Å²) >= 11 is 0. The third-order valence-electron chi connectivity index (χ3n) is 3.93. The fourth-order valence-electron chi connectivity index (χ4n) is 2.93. The highest BCUT2D eigenvalue weighted by molar-refractivity contribution is 5.98. The highest BCUT2D eigenvalue weighted by Crippen LogP contribution is 2.30. The van der Waals surface area contributed by atoms with Gasteiger partial charge in [-0.15, -0.1) is 0 Å². The van der Waals surface area contributed by atoms with E-state index in [2.05, 4.69) is 24.8 Å². The number of hydrogen-bond donors (Lipinski definition) is 0. The van der Waals surface area contributed by atoms with Gasteiger partial charge < -0.3 is 4.90 Å². The van der Waals surface area contributed by atoms with Crippen molar-refractivity contribution in [3.8, 4) is 0 Å². The second-order valence-electron chi connectivity index (χ2n) is 5.23. The number of rotatable bonds is 3. The lowest BCUT2D eigenvalue weighted by molar-refractivity contribution is 0.0987. The van der Waals surface area contributed by atoms with Gasteiger partial charge >= 0.3 is 0 Å². The van der Waals surface area contributed by atoms with Gasteiger partial charge in [-0.05, 0) is 44.2 Å². The van der Waals surface area contributed by atoms with Gasteiger partial charge in [0, 0.05) is 32.2 Å². The highest BCUT2D eigenvalue weighted by Gasteiger charge is 2.18. The van der Waals surface area contributed by atoms with Crippen LogP contribution in [-0.4, -0.2) is 18.9 Å². The molecule has 0 bridgehead atoms. The van der Waals surface area contributed by atoms with Crippen molar-refractivity contribution in [1.29, 1.82) is 0 Å². The van der Waals surface area contributed by atoms with Crippen molar-refractivity contribution in [2.45, 2.75) is 46.5 Å². The minimum atomic E-state index is 0. The van der Waals surface area contributed by atoms with E-state index < -0.39 is 0 Å². The van der Waals surface area contributed by atoms with Gasteiger partial charge in [-0.25, -0.2) is 0 Å². The van der Waals surface area contributed by atoms with Crippen LogP contribution in [-0.2, 0) is 0 Å². The molecule has 1 aliphatic rings. The van der Waals surface area contributed by atoms with E-state index in [4.69, 9.17) is 0 Å². The van der Waals surface area contributed by atoms with Gasteiger partial charge in [0.05, 0.1) is 0 Å². The second-order valence-corrected chi connectivity index (χ2v) is 5.23. The van der Waals surface area contributed by atoms with Gasteiger partial charge in [0.25, 0.3) is 0 Å². The van der Waals surface area contributed by atoms with Crippen molar-refractivity contribution < 1.29 is 6.22 Å². The molecule has 100 valence electrons. The standard InChI is InChI=1S/C16H23NO.H2/c1-4-15(18)14-9-8-12(2)16(13(14)3)17-10-6-5-7-11-17;/h8-9H,4-7,10-11H2,1-3H3;1H/i;1+1. The van der Waals surface area contributed by atoms with Crippen molar-refractivity contribution in [2.24, 2.45) is 0 Å². The fraction of sp³-hybridized carbons (Fsp3) is 0.562. The largest absolute Gasteiger partial charge is 0.371 e. The molecule has 1 aromatic carbocycles. The fourth-order valence-corrected chi connectivity index (χ4v) is 2.93. The van der Waals surface area contributed by atoms with Crippen LogP contribution in [0.3, 0.4) is 0 Å². The Morgan fingerprint density at radius 2 is 1.89 bits per heavy atom. The van der Waals surface area contributed by atoms with Crippen molar-refractivity contribution in [3.63, 3.8) is 0 Å². The number of Topliss-reactive ketones (excluding diaryl/α,β-unsaturated/α-hetero) is 1. The Morgan fingerprint density at radius 3 is 2.50 bits per heavy atom. The van der Waals surface area contributed by atoms with Crippen LogP contribution in [0.4, 0.5) is 5.69 Å². The topological polar surface area (TPSA) is 20.3 Å². The Bertz CT molecular complexity index is 450. The molecule has 2 heteroatoms.